The molecule has 30 heavy (non-hydrogen) atoms. The molecule has 1 N–H and O–H groups in total. The lowest BCUT2D eigenvalue weighted by Gasteiger charge is -2.35. The second kappa shape index (κ2) is 10.3. The fourth-order valence-corrected chi connectivity index (χ4v) is 3.49. The molecule has 1 aliphatic rings. The summed E-state index contributed by atoms with van der Waals surface area (Å²) >= 11 is 0. The van der Waals surface area contributed by atoms with Crippen molar-refractivity contribution in [3.8, 4) is 0 Å². The van der Waals surface area contributed by atoms with Gasteiger partial charge in [0.1, 0.15) is 0 Å². The van der Waals surface area contributed by atoms with Gasteiger partial charge in [0.2, 0.25) is 0 Å². The number of hydrogen-bond acceptors (Lipinski definition) is 5. The van der Waals surface area contributed by atoms with Gasteiger partial charge in [0.15, 0.2) is 6.61 Å². The average Bonchev–Trinajstić information content (AvgIpc) is 2.78. The van der Waals surface area contributed by atoms with E-state index in [0.29, 0.717) is 17.2 Å². The molecule has 6 heteroatoms. The molecule has 0 unspecified atom stereocenters. The molecule has 0 radical (unpaired) electrons. The molecular weight excluding hydrogens is 378 g/mol. The number of nitrogens with zero attached hydrogens (tertiary/aromatic N) is 2. The maximum Gasteiger partial charge on any atom is 0.338 e. The van der Waals surface area contributed by atoms with Crippen LogP contribution in [-0.2, 0) is 9.53 Å². The molecule has 0 atom stereocenters. The predicted octanol–water partition coefficient (Wildman–Crippen LogP) is 3.75. The molecule has 0 bridgehead atoms. The molecule has 2 aromatic carbocycles. The first-order valence-corrected chi connectivity index (χ1v) is 10.6. The molecule has 1 heterocycles. The molecule has 6 nitrogen and oxygen atoms in total. The standard InChI is InChI=1S/C24H31N3O3/c1-4-26-13-15-27(16-14-26)22-11-9-21(10-12-22)25-23(28)17-30-24(29)20-7-5-19(6-8-20)18(2)3/h5-12,18H,4,13-17H2,1-3H3,(H,25,28). The van der Waals surface area contributed by atoms with E-state index >= 15 is 0 Å². The molecule has 1 aliphatic heterocycles. The lowest BCUT2D eigenvalue weighted by molar-refractivity contribution is -0.119. The number of benzene rings is 2. The number of carbonyl (C=O) groups excluding carboxylic acids is 2. The Kier molecular flexibility index (Phi) is 7.46. The first-order chi connectivity index (χ1) is 14.5. The highest BCUT2D eigenvalue weighted by Crippen LogP contribution is 2.20. The zero-order valence-corrected chi connectivity index (χ0v) is 18.1. The Balaban J connectivity index is 1.46. The smallest absolute Gasteiger partial charge is 0.338 e. The van der Waals surface area contributed by atoms with Crippen molar-refractivity contribution in [3.63, 3.8) is 0 Å². The summed E-state index contributed by atoms with van der Waals surface area (Å²) in [5.41, 5.74) is 3.44. The summed E-state index contributed by atoms with van der Waals surface area (Å²) in [6.07, 6.45) is 0. The number of esters is 1. The van der Waals surface area contributed by atoms with Crippen LogP contribution >= 0.6 is 0 Å². The molecule has 1 fully saturated rings. The molecule has 0 saturated carbocycles. The van der Waals surface area contributed by atoms with E-state index in [1.807, 2.05) is 36.4 Å². The van der Waals surface area contributed by atoms with Gasteiger partial charge in [0.25, 0.3) is 5.91 Å². The minimum Gasteiger partial charge on any atom is -0.452 e. The van der Waals surface area contributed by atoms with E-state index in [1.54, 1.807) is 12.1 Å². The number of likely N-dealkylation sites (N-methyl/N-ethyl adjacent to an activating group) is 1. The van der Waals surface area contributed by atoms with Crippen molar-refractivity contribution >= 4 is 23.3 Å². The van der Waals surface area contributed by atoms with Gasteiger partial charge in [0.05, 0.1) is 5.56 Å². The van der Waals surface area contributed by atoms with Crippen LogP contribution in [0, 0.1) is 0 Å². The number of hydrogen-bond donors (Lipinski definition) is 1. The van der Waals surface area contributed by atoms with Gasteiger partial charge >= 0.3 is 5.97 Å². The molecule has 1 saturated heterocycles. The fourth-order valence-electron chi connectivity index (χ4n) is 3.49. The van der Waals surface area contributed by atoms with E-state index in [9.17, 15) is 9.59 Å². The van der Waals surface area contributed by atoms with Crippen LogP contribution in [0.25, 0.3) is 0 Å². The fraction of sp³-hybridized carbons (Fsp3) is 0.417. The molecule has 0 spiro atoms. The summed E-state index contributed by atoms with van der Waals surface area (Å²) in [7, 11) is 0. The van der Waals surface area contributed by atoms with Crippen molar-refractivity contribution in [1.82, 2.24) is 4.90 Å². The minimum atomic E-state index is -0.498. The minimum absolute atomic E-state index is 0.314. The maximum absolute atomic E-state index is 12.1. The average molecular weight is 410 g/mol. The highest BCUT2D eigenvalue weighted by atomic mass is 16.5. The SMILES string of the molecule is CCN1CCN(c2ccc(NC(=O)COC(=O)c3ccc(C(C)C)cc3)cc2)CC1. The zero-order chi connectivity index (χ0) is 21.5. The summed E-state index contributed by atoms with van der Waals surface area (Å²) < 4.78 is 5.14. The van der Waals surface area contributed by atoms with E-state index in [1.165, 1.54) is 0 Å². The Bertz CT molecular complexity index is 839. The van der Waals surface area contributed by atoms with Crippen molar-refractivity contribution in [1.29, 1.82) is 0 Å². The van der Waals surface area contributed by atoms with Gasteiger partial charge in [-0.15, -0.1) is 0 Å². The van der Waals surface area contributed by atoms with Crippen LogP contribution in [0.2, 0.25) is 0 Å². The number of amides is 1. The van der Waals surface area contributed by atoms with E-state index in [2.05, 4.69) is 35.9 Å². The highest BCUT2D eigenvalue weighted by Gasteiger charge is 2.16. The van der Waals surface area contributed by atoms with Gasteiger partial charge in [-0.05, 0) is 54.4 Å². The van der Waals surface area contributed by atoms with Crippen molar-refractivity contribution in [2.45, 2.75) is 26.7 Å². The molecule has 2 aromatic rings. The molecule has 3 rings (SSSR count). The molecular formula is C24H31N3O3. The lowest BCUT2D eigenvalue weighted by Crippen LogP contribution is -2.46. The zero-order valence-electron chi connectivity index (χ0n) is 18.1. The number of rotatable bonds is 7. The van der Waals surface area contributed by atoms with Gasteiger partial charge in [-0.1, -0.05) is 32.9 Å². The number of carbonyl (C=O) groups is 2. The summed E-state index contributed by atoms with van der Waals surface area (Å²) in [5, 5.41) is 2.78. The quantitative estimate of drug-likeness (QED) is 0.706. The predicted molar refractivity (Wildman–Crippen MR) is 120 cm³/mol. The van der Waals surface area contributed by atoms with Crippen LogP contribution in [0.15, 0.2) is 48.5 Å². The summed E-state index contributed by atoms with van der Waals surface area (Å²) in [4.78, 5) is 29.1. The van der Waals surface area contributed by atoms with Crippen LogP contribution in [0.4, 0.5) is 11.4 Å². The Morgan fingerprint density at radius 2 is 1.60 bits per heavy atom. The Hall–Kier alpha value is -2.86. The topological polar surface area (TPSA) is 61.9 Å². The van der Waals surface area contributed by atoms with Crippen LogP contribution in [0.5, 0.6) is 0 Å². The molecule has 0 aliphatic carbocycles. The summed E-state index contributed by atoms with van der Waals surface area (Å²) in [6.45, 7) is 11.3. The second-order valence-electron chi connectivity index (χ2n) is 7.87. The second-order valence-corrected chi connectivity index (χ2v) is 7.87. The number of anilines is 2. The number of nitrogens with one attached hydrogen (secondary N) is 1. The number of ether oxygens (including phenoxy) is 1. The van der Waals surface area contributed by atoms with Crippen LogP contribution < -0.4 is 10.2 Å². The summed E-state index contributed by atoms with van der Waals surface area (Å²) in [5.74, 6) is -0.457. The van der Waals surface area contributed by atoms with E-state index < -0.39 is 5.97 Å². The normalized spacial score (nSPS) is 14.6. The molecule has 160 valence electrons. The van der Waals surface area contributed by atoms with Gasteiger partial charge in [-0.2, -0.15) is 0 Å². The highest BCUT2D eigenvalue weighted by molar-refractivity contribution is 5.95. The Labute approximate surface area is 178 Å². The molecule has 1 amide bonds. The maximum atomic E-state index is 12.1. The Morgan fingerprint density at radius 1 is 0.967 bits per heavy atom. The van der Waals surface area contributed by atoms with Gasteiger partial charge in [0, 0.05) is 37.6 Å². The van der Waals surface area contributed by atoms with Gasteiger partial charge < -0.3 is 19.9 Å². The largest absolute Gasteiger partial charge is 0.452 e. The van der Waals surface area contributed by atoms with E-state index in [0.717, 1.165) is 44.0 Å². The van der Waals surface area contributed by atoms with Crippen molar-refractivity contribution in [2.24, 2.45) is 0 Å². The van der Waals surface area contributed by atoms with Crippen molar-refractivity contribution in [2.75, 3.05) is 49.5 Å². The third-order valence-corrected chi connectivity index (χ3v) is 5.48. The van der Waals surface area contributed by atoms with E-state index in [-0.39, 0.29) is 12.5 Å². The monoisotopic (exact) mass is 409 g/mol. The Morgan fingerprint density at radius 3 is 2.17 bits per heavy atom. The summed E-state index contributed by atoms with van der Waals surface area (Å²) in [6, 6.07) is 15.1. The van der Waals surface area contributed by atoms with Crippen molar-refractivity contribution in [3.05, 3.63) is 59.7 Å². The first-order valence-electron chi connectivity index (χ1n) is 10.6. The van der Waals surface area contributed by atoms with Crippen molar-refractivity contribution < 1.29 is 14.3 Å². The molecule has 0 aromatic heterocycles. The van der Waals surface area contributed by atoms with E-state index in [4.69, 9.17) is 4.74 Å². The third kappa shape index (κ3) is 5.83. The number of piperazine rings is 1. The van der Waals surface area contributed by atoms with Gasteiger partial charge in [-0.25, -0.2) is 4.79 Å². The third-order valence-electron chi connectivity index (χ3n) is 5.48. The first kappa shape index (κ1) is 21.8. The van der Waals surface area contributed by atoms with Gasteiger partial charge in [-0.3, -0.25) is 4.79 Å². The van der Waals surface area contributed by atoms with Crippen LogP contribution in [-0.4, -0.2) is 56.1 Å². The lowest BCUT2D eigenvalue weighted by atomic mass is 10.0. The van der Waals surface area contributed by atoms with Crippen LogP contribution in [0.1, 0.15) is 42.6 Å². The van der Waals surface area contributed by atoms with Crippen LogP contribution in [0.3, 0.4) is 0 Å².